The van der Waals surface area contributed by atoms with E-state index in [1.807, 2.05) is 10.9 Å². The molecule has 4 heterocycles. The van der Waals surface area contributed by atoms with E-state index in [2.05, 4.69) is 25.8 Å². The molecule has 0 radical (unpaired) electrons. The van der Waals surface area contributed by atoms with Gasteiger partial charge in [0, 0.05) is 62.4 Å². The number of pyridine rings is 1. The summed E-state index contributed by atoms with van der Waals surface area (Å²) in [5, 5.41) is 13.2. The molecule has 18 heteroatoms. The number of benzene rings is 2. The van der Waals surface area contributed by atoms with E-state index in [-0.39, 0.29) is 48.7 Å². The fourth-order valence-corrected chi connectivity index (χ4v) is 6.31. The van der Waals surface area contributed by atoms with Crippen LogP contribution in [0.1, 0.15) is 51.8 Å². The summed E-state index contributed by atoms with van der Waals surface area (Å²) in [4.78, 5) is 56.7. The number of nitrogens with zero attached hydrogens (tertiary/aromatic N) is 5. The van der Waals surface area contributed by atoms with E-state index in [4.69, 9.17) is 19.3 Å². The van der Waals surface area contributed by atoms with Crippen LogP contribution in [0.2, 0.25) is 0 Å². The molecule has 4 aromatic rings. The molecule has 2 saturated heterocycles. The number of aromatic nitrogens is 3. The highest BCUT2D eigenvalue weighted by atomic mass is 19.4. The topological polar surface area (TPSA) is 169 Å². The van der Waals surface area contributed by atoms with Crippen LogP contribution in [0, 0.1) is 0 Å². The molecule has 2 aliphatic rings. The van der Waals surface area contributed by atoms with Gasteiger partial charge in [-0.1, -0.05) is 6.07 Å². The molecule has 6 rings (SSSR count). The van der Waals surface area contributed by atoms with Crippen molar-refractivity contribution in [1.82, 2.24) is 30.3 Å². The summed E-state index contributed by atoms with van der Waals surface area (Å²) in [6, 6.07) is 10.8. The first-order valence-electron chi connectivity index (χ1n) is 17.2. The number of methoxy groups -OCH3 is 2. The van der Waals surface area contributed by atoms with Gasteiger partial charge in [0.05, 0.1) is 50.4 Å². The van der Waals surface area contributed by atoms with Gasteiger partial charge < -0.3 is 29.7 Å². The number of amides is 5. The van der Waals surface area contributed by atoms with Gasteiger partial charge in [-0.2, -0.15) is 18.3 Å². The molecule has 0 spiro atoms. The van der Waals surface area contributed by atoms with Crippen molar-refractivity contribution in [3.05, 3.63) is 71.7 Å². The minimum Gasteiger partial charge on any atom is -0.495 e. The van der Waals surface area contributed by atoms with Gasteiger partial charge in [0.25, 0.3) is 11.8 Å². The number of anilines is 2. The highest BCUT2D eigenvalue weighted by molar-refractivity contribution is 6.07. The Hall–Kier alpha value is -5.75. The molecule has 2 aliphatic heterocycles. The molecule has 3 N–H and O–H groups in total. The Morgan fingerprint density at radius 3 is 2.46 bits per heavy atom. The highest BCUT2D eigenvalue weighted by Gasteiger charge is 2.33. The van der Waals surface area contributed by atoms with Crippen LogP contribution in [0.4, 0.5) is 29.3 Å². The summed E-state index contributed by atoms with van der Waals surface area (Å²) in [6.07, 6.45) is -0.982. The molecular weight excluding hydrogens is 713 g/mol. The molecule has 5 amide bonds. The maximum absolute atomic E-state index is 13.1. The Morgan fingerprint density at radius 1 is 0.963 bits per heavy atom. The normalized spacial score (nSPS) is 15.6. The van der Waals surface area contributed by atoms with Crippen LogP contribution in [0.5, 0.6) is 11.5 Å². The zero-order chi connectivity index (χ0) is 38.4. The van der Waals surface area contributed by atoms with Crippen molar-refractivity contribution in [1.29, 1.82) is 0 Å². The number of imide groups is 1. The van der Waals surface area contributed by atoms with E-state index in [0.29, 0.717) is 48.0 Å². The molecule has 0 aliphatic carbocycles. The van der Waals surface area contributed by atoms with Crippen LogP contribution in [0.3, 0.4) is 0 Å². The lowest BCUT2D eigenvalue weighted by atomic mass is 10.1. The predicted molar refractivity (Wildman–Crippen MR) is 190 cm³/mol. The summed E-state index contributed by atoms with van der Waals surface area (Å²) in [6.45, 7) is 3.60. The van der Waals surface area contributed by atoms with Gasteiger partial charge in [0.1, 0.15) is 22.9 Å². The zero-order valence-electron chi connectivity index (χ0n) is 29.6. The number of hydrogen-bond donors (Lipinski definition) is 3. The van der Waals surface area contributed by atoms with Gasteiger partial charge in [0.2, 0.25) is 5.91 Å². The summed E-state index contributed by atoms with van der Waals surface area (Å²) in [5.74, 6) is -0.792. The van der Waals surface area contributed by atoms with E-state index in [1.165, 1.54) is 25.2 Å². The quantitative estimate of drug-likeness (QED) is 0.168. The molecule has 0 saturated carbocycles. The molecular formula is C36H39F3N8O7. The van der Waals surface area contributed by atoms with E-state index in [1.54, 1.807) is 30.3 Å². The lowest BCUT2D eigenvalue weighted by Crippen LogP contribution is -2.49. The lowest BCUT2D eigenvalue weighted by molar-refractivity contribution is -0.141. The summed E-state index contributed by atoms with van der Waals surface area (Å²) < 4.78 is 57.8. The summed E-state index contributed by atoms with van der Waals surface area (Å²) in [7, 11) is 2.89. The molecule has 2 aromatic carbocycles. The average molecular weight is 753 g/mol. The molecule has 0 unspecified atom stereocenters. The van der Waals surface area contributed by atoms with Gasteiger partial charge in [-0.05, 0) is 49.2 Å². The Bertz CT molecular complexity index is 2030. The van der Waals surface area contributed by atoms with Crippen LogP contribution < -0.4 is 30.3 Å². The average Bonchev–Trinajstić information content (AvgIpc) is 3.58. The van der Waals surface area contributed by atoms with Crippen molar-refractivity contribution < 1.29 is 46.6 Å². The van der Waals surface area contributed by atoms with Crippen molar-refractivity contribution in [3.63, 3.8) is 0 Å². The smallest absolute Gasteiger partial charge is 0.433 e. The minimum absolute atomic E-state index is 0.133. The molecule has 2 aromatic heterocycles. The van der Waals surface area contributed by atoms with Crippen molar-refractivity contribution in [2.24, 2.45) is 0 Å². The number of likely N-dealkylation sites (tertiary alicyclic amines) is 1. The van der Waals surface area contributed by atoms with Crippen molar-refractivity contribution in [2.45, 2.75) is 31.5 Å². The largest absolute Gasteiger partial charge is 0.495 e. The number of carbonyl (C=O) groups excluding carboxylic acids is 4. The third-order valence-corrected chi connectivity index (χ3v) is 9.16. The summed E-state index contributed by atoms with van der Waals surface area (Å²) >= 11 is 0. The number of carbonyl (C=O) groups is 4. The number of ether oxygens (including phenoxy) is 3. The molecule has 286 valence electrons. The Kier molecular flexibility index (Phi) is 11.6. The van der Waals surface area contributed by atoms with E-state index in [9.17, 15) is 32.3 Å². The third-order valence-electron chi connectivity index (χ3n) is 9.16. The Morgan fingerprint density at radius 2 is 1.74 bits per heavy atom. The van der Waals surface area contributed by atoms with Crippen LogP contribution >= 0.6 is 0 Å². The van der Waals surface area contributed by atoms with Gasteiger partial charge in [-0.25, -0.2) is 9.78 Å². The van der Waals surface area contributed by atoms with Crippen molar-refractivity contribution >= 4 is 46.0 Å². The second-order valence-corrected chi connectivity index (χ2v) is 12.7. The van der Waals surface area contributed by atoms with Gasteiger partial charge in [-0.3, -0.25) is 29.3 Å². The number of nitrogens with one attached hydrogen (secondary N) is 3. The molecule has 0 atom stereocenters. The molecule has 0 bridgehead atoms. The predicted octanol–water partition coefficient (Wildman–Crippen LogP) is 4.25. The SMILES string of the molecule is COc1cc2nn(C3CCN(CCOCCNC(=O)c4ccc(OC)c(N5CCC(=O)NC5=O)c4)CC3)cc2cc1NC(=O)c1cccc(C(F)(F)F)n1. The number of halogens is 3. The third kappa shape index (κ3) is 8.88. The first-order valence-corrected chi connectivity index (χ1v) is 17.2. The van der Waals surface area contributed by atoms with Crippen molar-refractivity contribution in [3.8, 4) is 11.5 Å². The first kappa shape index (κ1) is 38.0. The van der Waals surface area contributed by atoms with Crippen LogP contribution in [0.25, 0.3) is 10.9 Å². The Labute approximate surface area is 307 Å². The second-order valence-electron chi connectivity index (χ2n) is 12.7. The molecule has 54 heavy (non-hydrogen) atoms. The summed E-state index contributed by atoms with van der Waals surface area (Å²) in [5.41, 5.74) is 0.114. The van der Waals surface area contributed by atoms with Gasteiger partial charge in [0.15, 0.2) is 0 Å². The number of rotatable bonds is 13. The highest BCUT2D eigenvalue weighted by Crippen LogP contribution is 2.33. The van der Waals surface area contributed by atoms with Crippen LogP contribution in [-0.4, -0.2) is 104 Å². The second kappa shape index (κ2) is 16.5. The molecule has 15 nitrogen and oxygen atoms in total. The number of piperidine rings is 1. The zero-order valence-corrected chi connectivity index (χ0v) is 29.6. The number of hydrogen-bond acceptors (Lipinski definition) is 10. The minimum atomic E-state index is -4.68. The van der Waals surface area contributed by atoms with Crippen molar-refractivity contribution in [2.75, 3.05) is 70.4 Å². The van der Waals surface area contributed by atoms with E-state index >= 15 is 0 Å². The number of urea groups is 1. The Balaban J connectivity index is 0.945. The lowest BCUT2D eigenvalue weighted by Gasteiger charge is -2.31. The maximum atomic E-state index is 13.1. The number of alkyl halides is 3. The monoisotopic (exact) mass is 752 g/mol. The van der Waals surface area contributed by atoms with Gasteiger partial charge >= 0.3 is 12.2 Å². The molecule has 2 fully saturated rings. The first-order chi connectivity index (χ1) is 25.9. The van der Waals surface area contributed by atoms with E-state index < -0.39 is 23.8 Å². The van der Waals surface area contributed by atoms with E-state index in [0.717, 1.165) is 43.5 Å². The van der Waals surface area contributed by atoms with Crippen LogP contribution in [-0.2, 0) is 15.7 Å². The fourth-order valence-electron chi connectivity index (χ4n) is 6.31. The van der Waals surface area contributed by atoms with Gasteiger partial charge in [-0.15, -0.1) is 0 Å². The van der Waals surface area contributed by atoms with Crippen LogP contribution in [0.15, 0.2) is 54.7 Å². The number of fused-ring (bicyclic) bond motifs is 1. The standard InChI is InChI=1S/C36H39F3N8O7/c1-52-29-7-6-22(19-28(29)46-14-10-32(48)43-35(46)51)33(49)40-11-16-54-17-15-45-12-8-24(9-13-45)47-21-23-18-27(30(53-2)20-26(23)44-47)42-34(50)25-4-3-5-31(41-25)36(37,38)39/h3-7,18-21,24H,8-17H2,1-2H3,(H,40,49)(H,42,50)(H,43,48,51). The fraction of sp³-hybridized carbons (Fsp3) is 0.389. The maximum Gasteiger partial charge on any atom is 0.433 e.